The van der Waals surface area contributed by atoms with Gasteiger partial charge in [-0.1, -0.05) is 12.1 Å². The molecule has 7 nitrogen and oxygen atoms in total. The topological polar surface area (TPSA) is 104 Å². The van der Waals surface area contributed by atoms with Gasteiger partial charge in [0.2, 0.25) is 12.1 Å². The smallest absolute Gasteiger partial charge is 0.388 e. The third kappa shape index (κ3) is 5.48. The number of H-pyrrole nitrogens is 1. The number of aromatic nitrogens is 2. The number of nitrogens with zero attached hydrogens (tertiary/aromatic N) is 1. The quantitative estimate of drug-likeness (QED) is 0.528. The van der Waals surface area contributed by atoms with Crippen LogP contribution < -0.4 is 16.2 Å². The molecule has 1 aliphatic carbocycles. The third-order valence-corrected chi connectivity index (χ3v) is 5.78. The van der Waals surface area contributed by atoms with Gasteiger partial charge in [0.15, 0.2) is 0 Å². The Hall–Kier alpha value is -3.21. The van der Waals surface area contributed by atoms with E-state index in [9.17, 15) is 22.8 Å². The molecule has 1 aliphatic rings. The van der Waals surface area contributed by atoms with Crippen LogP contribution in [0.4, 0.5) is 18.9 Å². The molecule has 1 amide bonds. The number of halogens is 3. The summed E-state index contributed by atoms with van der Waals surface area (Å²) in [7, 11) is 1.85. The van der Waals surface area contributed by atoms with E-state index in [2.05, 4.69) is 20.6 Å². The molecule has 0 fully saturated rings. The average Bonchev–Trinajstić information content (AvgIpc) is 3.33. The maximum absolute atomic E-state index is 12.4. The molecule has 0 saturated heterocycles. The summed E-state index contributed by atoms with van der Waals surface area (Å²) in [6.07, 6.45) is -2.69. The number of thiophene rings is 1. The Morgan fingerprint density at radius 3 is 2.74 bits per heavy atom. The summed E-state index contributed by atoms with van der Waals surface area (Å²) < 4.78 is 31.2. The molecule has 31 heavy (non-hydrogen) atoms. The third-order valence-electron chi connectivity index (χ3n) is 4.59. The number of aromatic amines is 1. The van der Waals surface area contributed by atoms with E-state index in [4.69, 9.17) is 4.79 Å². The number of carbonyl (C=O) groups is 2. The van der Waals surface area contributed by atoms with Crippen LogP contribution in [0.1, 0.15) is 33.0 Å². The minimum Gasteiger partial charge on any atom is -0.388 e. The number of anilines is 1. The zero-order chi connectivity index (χ0) is 22.6. The van der Waals surface area contributed by atoms with Crippen LogP contribution in [-0.4, -0.2) is 35.4 Å². The summed E-state index contributed by atoms with van der Waals surface area (Å²) in [5, 5.41) is 6.54. The van der Waals surface area contributed by atoms with Gasteiger partial charge in [0, 0.05) is 24.2 Å². The number of nitrogens with one attached hydrogen (secondary N) is 3. The van der Waals surface area contributed by atoms with Crippen molar-refractivity contribution in [3.05, 3.63) is 56.4 Å². The fraction of sp³-hybridized carbons (Fsp3) is 0.300. The van der Waals surface area contributed by atoms with E-state index in [-0.39, 0.29) is 17.3 Å². The first-order valence-electron chi connectivity index (χ1n) is 9.34. The van der Waals surface area contributed by atoms with Crippen molar-refractivity contribution in [3.8, 4) is 0 Å². The molecule has 3 N–H and O–H groups in total. The molecule has 0 aliphatic heterocycles. The highest BCUT2D eigenvalue weighted by Crippen LogP contribution is 2.34. The summed E-state index contributed by atoms with van der Waals surface area (Å²) in [5.74, 6) is -0.301. The minimum atomic E-state index is -4.64. The Balaban J connectivity index is 0.000000401. The van der Waals surface area contributed by atoms with E-state index < -0.39 is 12.5 Å². The molecule has 0 atom stereocenters. The van der Waals surface area contributed by atoms with Crippen molar-refractivity contribution in [2.24, 2.45) is 0 Å². The Morgan fingerprint density at radius 2 is 2.06 bits per heavy atom. The van der Waals surface area contributed by atoms with E-state index in [0.717, 1.165) is 36.1 Å². The molecule has 1 aromatic carbocycles. The number of benzene rings is 1. The summed E-state index contributed by atoms with van der Waals surface area (Å²) in [5.41, 5.74) is 2.85. The number of alkyl halides is 3. The molecule has 0 radical (unpaired) electrons. The number of carbonyl (C=O) groups excluding carboxylic acids is 2. The zero-order valence-electron chi connectivity index (χ0n) is 16.4. The predicted molar refractivity (Wildman–Crippen MR) is 112 cm³/mol. The van der Waals surface area contributed by atoms with Crippen molar-refractivity contribution >= 4 is 39.4 Å². The molecule has 0 unspecified atom stereocenters. The van der Waals surface area contributed by atoms with Crippen molar-refractivity contribution in [1.82, 2.24) is 15.3 Å². The van der Waals surface area contributed by atoms with Crippen LogP contribution in [0.3, 0.4) is 0 Å². The van der Waals surface area contributed by atoms with Crippen molar-refractivity contribution < 1.29 is 22.8 Å². The van der Waals surface area contributed by atoms with Gasteiger partial charge in [0.25, 0.3) is 11.5 Å². The maximum atomic E-state index is 12.4. The maximum Gasteiger partial charge on any atom is 0.446 e. The summed E-state index contributed by atoms with van der Waals surface area (Å²) >= 11 is 1.53. The van der Waals surface area contributed by atoms with Crippen molar-refractivity contribution in [2.75, 3.05) is 12.4 Å². The van der Waals surface area contributed by atoms with Crippen LogP contribution in [0.5, 0.6) is 0 Å². The van der Waals surface area contributed by atoms with E-state index in [1.165, 1.54) is 16.2 Å². The number of hydrogen-bond donors (Lipinski definition) is 3. The number of rotatable bonds is 4. The van der Waals surface area contributed by atoms with Gasteiger partial charge in [-0.2, -0.15) is 13.2 Å². The van der Waals surface area contributed by atoms with E-state index in [1.54, 1.807) is 0 Å². The Morgan fingerprint density at radius 1 is 1.32 bits per heavy atom. The Labute approximate surface area is 178 Å². The highest BCUT2D eigenvalue weighted by molar-refractivity contribution is 7.18. The number of aryl methyl sites for hydroxylation is 2. The van der Waals surface area contributed by atoms with Gasteiger partial charge in [-0.05, 0) is 42.5 Å². The zero-order valence-corrected chi connectivity index (χ0v) is 17.2. The van der Waals surface area contributed by atoms with Crippen LogP contribution in [0, 0.1) is 0 Å². The first-order chi connectivity index (χ1) is 14.7. The summed E-state index contributed by atoms with van der Waals surface area (Å²) in [6.45, 7) is 0.372. The lowest BCUT2D eigenvalue weighted by Crippen LogP contribution is -2.27. The van der Waals surface area contributed by atoms with Gasteiger partial charge in [-0.15, -0.1) is 11.3 Å². The molecule has 2 heterocycles. The SMILES string of the molecule is CNc1cccc(CNC(=O)c2nc3sc4c(c3c(=O)[nH]2)CCC4)c1.O=CC(F)(F)F. The second-order valence-corrected chi connectivity index (χ2v) is 7.83. The molecule has 2 aromatic heterocycles. The lowest BCUT2D eigenvalue weighted by molar-refractivity contribution is -0.156. The van der Waals surface area contributed by atoms with E-state index in [0.29, 0.717) is 16.8 Å². The minimum absolute atomic E-state index is 0.0715. The largest absolute Gasteiger partial charge is 0.446 e. The van der Waals surface area contributed by atoms with Crippen LogP contribution in [0.15, 0.2) is 29.1 Å². The molecule has 4 rings (SSSR count). The molecule has 11 heteroatoms. The van der Waals surface area contributed by atoms with Gasteiger partial charge in [0.05, 0.1) is 5.39 Å². The average molecular weight is 452 g/mol. The standard InChI is InChI=1S/C18H18N4O2S.C2HF3O/c1-19-11-5-2-4-10(8-11)9-20-17(24)15-21-16(23)14-12-6-3-7-13(12)25-18(14)22-15;3-2(4,5)1-6/h2,4-5,8,19H,3,6-7,9H2,1H3,(H,20,24)(H,21,22,23);1H. The summed E-state index contributed by atoms with van der Waals surface area (Å²) in [4.78, 5) is 42.4. The Bertz CT molecular complexity index is 1170. The molecule has 0 bridgehead atoms. The van der Waals surface area contributed by atoms with Gasteiger partial charge < -0.3 is 15.6 Å². The Kier molecular flexibility index (Phi) is 6.74. The summed E-state index contributed by atoms with van der Waals surface area (Å²) in [6, 6.07) is 7.77. The number of amides is 1. The van der Waals surface area contributed by atoms with Crippen molar-refractivity contribution in [1.29, 1.82) is 0 Å². The van der Waals surface area contributed by atoms with E-state index in [1.807, 2.05) is 31.3 Å². The van der Waals surface area contributed by atoms with Gasteiger partial charge in [0.1, 0.15) is 4.83 Å². The second kappa shape index (κ2) is 9.29. The monoisotopic (exact) mass is 452 g/mol. The van der Waals surface area contributed by atoms with Crippen LogP contribution in [-0.2, 0) is 24.2 Å². The molecule has 0 spiro atoms. The van der Waals surface area contributed by atoms with Gasteiger partial charge in [-0.25, -0.2) is 4.98 Å². The number of hydrogen-bond acceptors (Lipinski definition) is 6. The van der Waals surface area contributed by atoms with Crippen LogP contribution >= 0.6 is 11.3 Å². The predicted octanol–water partition coefficient (Wildman–Crippen LogP) is 3.19. The highest BCUT2D eigenvalue weighted by atomic mass is 32.1. The van der Waals surface area contributed by atoms with E-state index >= 15 is 0 Å². The van der Waals surface area contributed by atoms with Crippen LogP contribution in [0.2, 0.25) is 0 Å². The first-order valence-corrected chi connectivity index (χ1v) is 10.2. The van der Waals surface area contributed by atoms with Gasteiger partial charge >= 0.3 is 6.18 Å². The lowest BCUT2D eigenvalue weighted by Gasteiger charge is -2.07. The normalized spacial score (nSPS) is 12.6. The fourth-order valence-electron chi connectivity index (χ4n) is 3.21. The molecular weight excluding hydrogens is 433 g/mol. The lowest BCUT2D eigenvalue weighted by atomic mass is 10.2. The molecule has 0 saturated carbocycles. The highest BCUT2D eigenvalue weighted by Gasteiger charge is 2.25. The molecule has 3 aromatic rings. The van der Waals surface area contributed by atoms with Gasteiger partial charge in [-0.3, -0.25) is 14.4 Å². The van der Waals surface area contributed by atoms with Crippen molar-refractivity contribution in [3.63, 3.8) is 0 Å². The second-order valence-electron chi connectivity index (χ2n) is 6.74. The first kappa shape index (κ1) is 22.5. The fourth-order valence-corrected chi connectivity index (χ4v) is 4.47. The van der Waals surface area contributed by atoms with Crippen LogP contribution in [0.25, 0.3) is 10.2 Å². The number of fused-ring (bicyclic) bond motifs is 3. The van der Waals surface area contributed by atoms with Crippen molar-refractivity contribution in [2.45, 2.75) is 32.0 Å². The number of aldehydes is 1. The molecular formula is C20H19F3N4O3S. The molecule has 164 valence electrons.